The minimum absolute atomic E-state index is 0.0713. The summed E-state index contributed by atoms with van der Waals surface area (Å²) in [4.78, 5) is 12.2. The van der Waals surface area contributed by atoms with Gasteiger partial charge >= 0.3 is 6.01 Å². The molecule has 0 aliphatic carbocycles. The highest BCUT2D eigenvalue weighted by molar-refractivity contribution is 5.35. The van der Waals surface area contributed by atoms with Crippen LogP contribution in [0, 0.1) is 0 Å². The first kappa shape index (κ1) is 14.4. The van der Waals surface area contributed by atoms with Gasteiger partial charge in [-0.1, -0.05) is 6.92 Å². The van der Waals surface area contributed by atoms with Gasteiger partial charge in [0.1, 0.15) is 0 Å². The summed E-state index contributed by atoms with van der Waals surface area (Å²) in [5.41, 5.74) is 2.38. The largest absolute Gasteiger partial charge is 0.463 e. The monoisotopic (exact) mass is 256 g/mol. The summed E-state index contributed by atoms with van der Waals surface area (Å²) >= 11 is 0. The number of nitrogens with two attached hydrogens (primary N) is 1. The molecule has 4 N–H and O–H groups in total. The lowest BCUT2D eigenvalue weighted by atomic mass is 10.4. The Morgan fingerprint density at radius 2 is 2.00 bits per heavy atom. The van der Waals surface area contributed by atoms with E-state index in [1.807, 2.05) is 13.8 Å². The maximum Gasteiger partial charge on any atom is 0.323 e. The molecule has 0 fully saturated rings. The topological polar surface area (TPSA) is 107 Å². The van der Waals surface area contributed by atoms with Crippen molar-refractivity contribution in [3.05, 3.63) is 0 Å². The number of nitrogens with zero attached hydrogens (tertiary/aromatic N) is 3. The maximum absolute atomic E-state index is 5.35. The molecule has 1 atom stereocenters. The van der Waals surface area contributed by atoms with Gasteiger partial charge in [0.05, 0.1) is 13.2 Å². The third-order valence-electron chi connectivity index (χ3n) is 1.97. The van der Waals surface area contributed by atoms with Gasteiger partial charge in [-0.05, 0) is 13.3 Å². The third kappa shape index (κ3) is 4.68. The molecule has 8 heteroatoms. The number of ether oxygens (including phenoxy) is 2. The molecular formula is C10H20N6O2. The number of nitrogens with one attached hydrogen (secondary N) is 2. The first-order valence-corrected chi connectivity index (χ1v) is 5.80. The number of hydrogen-bond acceptors (Lipinski definition) is 8. The first-order valence-electron chi connectivity index (χ1n) is 5.80. The van der Waals surface area contributed by atoms with Gasteiger partial charge in [0, 0.05) is 13.2 Å². The second-order valence-electron chi connectivity index (χ2n) is 3.76. The molecule has 1 rings (SSSR count). The van der Waals surface area contributed by atoms with Gasteiger partial charge in [0.2, 0.25) is 11.9 Å². The molecule has 18 heavy (non-hydrogen) atoms. The van der Waals surface area contributed by atoms with Crippen LogP contribution in [0.5, 0.6) is 6.01 Å². The van der Waals surface area contributed by atoms with Crippen molar-refractivity contribution in [2.45, 2.75) is 26.3 Å². The lowest BCUT2D eigenvalue weighted by molar-refractivity contribution is 0.190. The molecule has 1 heterocycles. The van der Waals surface area contributed by atoms with Crippen LogP contribution in [-0.2, 0) is 4.74 Å². The first-order chi connectivity index (χ1) is 8.69. The molecular weight excluding hydrogens is 236 g/mol. The molecule has 1 aromatic heterocycles. The fraction of sp³-hybridized carbons (Fsp3) is 0.700. The van der Waals surface area contributed by atoms with Crippen molar-refractivity contribution in [2.24, 2.45) is 5.84 Å². The van der Waals surface area contributed by atoms with E-state index < -0.39 is 0 Å². The van der Waals surface area contributed by atoms with Gasteiger partial charge in [0.25, 0.3) is 0 Å². The van der Waals surface area contributed by atoms with Gasteiger partial charge in [-0.3, -0.25) is 5.43 Å². The van der Waals surface area contributed by atoms with Crippen molar-refractivity contribution >= 4 is 11.9 Å². The average Bonchev–Trinajstić information content (AvgIpc) is 2.36. The number of hydrogen-bond donors (Lipinski definition) is 3. The van der Waals surface area contributed by atoms with Crippen LogP contribution in [0.25, 0.3) is 0 Å². The van der Waals surface area contributed by atoms with Crippen molar-refractivity contribution in [1.82, 2.24) is 15.0 Å². The fourth-order valence-electron chi connectivity index (χ4n) is 1.26. The van der Waals surface area contributed by atoms with Crippen LogP contribution in [-0.4, -0.2) is 41.3 Å². The van der Waals surface area contributed by atoms with Gasteiger partial charge in [-0.15, -0.1) is 0 Å². The summed E-state index contributed by atoms with van der Waals surface area (Å²) < 4.78 is 10.4. The Labute approximate surface area is 106 Å². The van der Waals surface area contributed by atoms with Crippen LogP contribution >= 0.6 is 0 Å². The fourth-order valence-corrected chi connectivity index (χ4v) is 1.26. The number of aromatic nitrogens is 3. The van der Waals surface area contributed by atoms with E-state index in [1.165, 1.54) is 0 Å². The number of nitrogen functional groups attached to an aromatic ring is 1. The van der Waals surface area contributed by atoms with Crippen LogP contribution < -0.4 is 21.3 Å². The molecule has 0 saturated carbocycles. The molecule has 0 spiro atoms. The zero-order valence-electron chi connectivity index (χ0n) is 10.9. The van der Waals surface area contributed by atoms with E-state index in [0.717, 1.165) is 6.42 Å². The van der Waals surface area contributed by atoms with Gasteiger partial charge in [0.15, 0.2) is 0 Å². The molecule has 0 saturated heterocycles. The maximum atomic E-state index is 5.35. The van der Waals surface area contributed by atoms with E-state index >= 15 is 0 Å². The van der Waals surface area contributed by atoms with Crippen molar-refractivity contribution in [2.75, 3.05) is 31.1 Å². The summed E-state index contributed by atoms with van der Waals surface area (Å²) in [7, 11) is 1.63. The Balaban J connectivity index is 2.76. The van der Waals surface area contributed by atoms with E-state index in [1.54, 1.807) is 7.11 Å². The molecule has 1 unspecified atom stereocenters. The predicted octanol–water partition coefficient (Wildman–Crippen LogP) is 0.393. The smallest absolute Gasteiger partial charge is 0.323 e. The highest BCUT2D eigenvalue weighted by Crippen LogP contribution is 2.11. The van der Waals surface area contributed by atoms with Crippen molar-refractivity contribution in [1.29, 1.82) is 0 Å². The van der Waals surface area contributed by atoms with Crippen LogP contribution in [0.4, 0.5) is 11.9 Å². The highest BCUT2D eigenvalue weighted by atomic mass is 16.5. The Morgan fingerprint density at radius 3 is 2.61 bits per heavy atom. The third-order valence-corrected chi connectivity index (χ3v) is 1.97. The summed E-state index contributed by atoms with van der Waals surface area (Å²) in [6.07, 6.45) is 0.875. The minimum Gasteiger partial charge on any atom is -0.463 e. The van der Waals surface area contributed by atoms with Crippen LogP contribution in [0.2, 0.25) is 0 Å². The normalized spacial score (nSPS) is 12.0. The van der Waals surface area contributed by atoms with E-state index in [4.69, 9.17) is 15.3 Å². The average molecular weight is 256 g/mol. The predicted molar refractivity (Wildman–Crippen MR) is 68.4 cm³/mol. The molecule has 0 aliphatic rings. The van der Waals surface area contributed by atoms with Gasteiger partial charge < -0.3 is 14.8 Å². The van der Waals surface area contributed by atoms with E-state index in [-0.39, 0.29) is 18.0 Å². The van der Waals surface area contributed by atoms with Crippen LogP contribution in [0.3, 0.4) is 0 Å². The summed E-state index contributed by atoms with van der Waals surface area (Å²) in [6, 6.07) is 0.314. The van der Waals surface area contributed by atoms with Crippen LogP contribution in [0.15, 0.2) is 0 Å². The van der Waals surface area contributed by atoms with E-state index in [0.29, 0.717) is 19.2 Å². The van der Waals surface area contributed by atoms with E-state index in [2.05, 4.69) is 25.7 Å². The lowest BCUT2D eigenvalue weighted by Gasteiger charge is -2.13. The molecule has 1 aromatic rings. The SMILES string of the molecule is CCCOc1nc(NN)nc(NC(C)COC)n1. The Bertz CT molecular complexity index is 362. The summed E-state index contributed by atoms with van der Waals surface area (Å²) in [5, 5.41) is 3.07. The highest BCUT2D eigenvalue weighted by Gasteiger charge is 2.09. The standard InChI is InChI=1S/C10H20N6O2/c1-4-5-18-10-14-8(12-7(2)6-17-3)13-9(15-10)16-11/h7H,4-6,11H2,1-3H3,(H2,12,13,14,15,16). The zero-order chi connectivity index (χ0) is 13.4. The zero-order valence-corrected chi connectivity index (χ0v) is 10.9. The number of methoxy groups -OCH3 is 1. The summed E-state index contributed by atoms with van der Waals surface area (Å²) in [5.74, 6) is 5.94. The summed E-state index contributed by atoms with van der Waals surface area (Å²) in [6.45, 7) is 5.04. The number of anilines is 2. The molecule has 8 nitrogen and oxygen atoms in total. The van der Waals surface area contributed by atoms with Gasteiger partial charge in [-0.25, -0.2) is 5.84 Å². The molecule has 0 aromatic carbocycles. The Morgan fingerprint density at radius 1 is 1.28 bits per heavy atom. The molecule has 102 valence electrons. The Kier molecular flexibility index (Phi) is 6.09. The Hall–Kier alpha value is -1.67. The molecule has 0 aliphatic heterocycles. The second kappa shape index (κ2) is 7.62. The quantitative estimate of drug-likeness (QED) is 0.453. The van der Waals surface area contributed by atoms with Gasteiger partial charge in [-0.2, -0.15) is 15.0 Å². The van der Waals surface area contributed by atoms with Crippen molar-refractivity contribution < 1.29 is 9.47 Å². The lowest BCUT2D eigenvalue weighted by Crippen LogP contribution is -2.23. The van der Waals surface area contributed by atoms with E-state index in [9.17, 15) is 0 Å². The van der Waals surface area contributed by atoms with Crippen molar-refractivity contribution in [3.8, 4) is 6.01 Å². The number of hydrazine groups is 1. The molecule has 0 amide bonds. The second-order valence-corrected chi connectivity index (χ2v) is 3.76. The molecule has 0 radical (unpaired) electrons. The van der Waals surface area contributed by atoms with Crippen LogP contribution in [0.1, 0.15) is 20.3 Å². The molecule has 0 bridgehead atoms. The van der Waals surface area contributed by atoms with Crippen molar-refractivity contribution in [3.63, 3.8) is 0 Å². The number of rotatable bonds is 8. The minimum atomic E-state index is 0.0713.